The number of rotatable bonds is 7. The van der Waals surface area contributed by atoms with Crippen LogP contribution in [0.4, 0.5) is 17.5 Å². The average molecular weight is 472 g/mol. The highest BCUT2D eigenvalue weighted by Crippen LogP contribution is 2.30. The van der Waals surface area contributed by atoms with Crippen LogP contribution in [0.5, 0.6) is 0 Å². The number of carbonyl (C=O) groups excluding carboxylic acids is 1. The Hall–Kier alpha value is -4.31. The van der Waals surface area contributed by atoms with Gasteiger partial charge in [-0.2, -0.15) is 4.98 Å². The fraction of sp³-hybridized carbons (Fsp3) is 0.240. The molecule has 3 N–H and O–H groups in total. The lowest BCUT2D eigenvalue weighted by atomic mass is 9.99. The summed E-state index contributed by atoms with van der Waals surface area (Å²) in [6, 6.07) is 15.1. The summed E-state index contributed by atoms with van der Waals surface area (Å²) >= 11 is 0. The van der Waals surface area contributed by atoms with Crippen LogP contribution in [0.3, 0.4) is 0 Å². The molecule has 2 aromatic heterocycles. The van der Waals surface area contributed by atoms with Gasteiger partial charge in [-0.25, -0.2) is 4.98 Å². The van der Waals surface area contributed by atoms with Gasteiger partial charge in [0.05, 0.1) is 24.6 Å². The Bertz CT molecular complexity index is 1360. The maximum atomic E-state index is 12.0. The summed E-state index contributed by atoms with van der Waals surface area (Å²) in [5.41, 5.74) is 4.34. The molecule has 1 atom stereocenters. The molecule has 4 aromatic rings. The molecule has 1 aliphatic heterocycles. The molecular formula is C25H25N7O3. The van der Waals surface area contributed by atoms with Crippen molar-refractivity contribution in [3.63, 3.8) is 0 Å². The van der Waals surface area contributed by atoms with Gasteiger partial charge < -0.3 is 25.1 Å². The molecule has 10 nitrogen and oxygen atoms in total. The van der Waals surface area contributed by atoms with Crippen molar-refractivity contribution in [3.8, 4) is 11.5 Å². The SMILES string of the molecule is Cc1nnc(-c2cnc(Nc3ccc4c(c3)CN(C)C(=O)C4)nc2N[C@H](CO)c2ccccc2)o1. The number of amides is 1. The van der Waals surface area contributed by atoms with E-state index in [9.17, 15) is 9.90 Å². The third kappa shape index (κ3) is 4.82. The predicted octanol–water partition coefficient (Wildman–Crippen LogP) is 3.24. The second-order valence-electron chi connectivity index (χ2n) is 8.41. The number of nitrogens with zero attached hydrogens (tertiary/aromatic N) is 5. The Morgan fingerprint density at radius 1 is 1.14 bits per heavy atom. The summed E-state index contributed by atoms with van der Waals surface area (Å²) in [7, 11) is 1.80. The van der Waals surface area contributed by atoms with Gasteiger partial charge in [-0.15, -0.1) is 10.2 Å². The zero-order chi connectivity index (χ0) is 24.4. The van der Waals surface area contributed by atoms with Gasteiger partial charge in [0.15, 0.2) is 0 Å². The standard InChI is InChI=1S/C25H25N7O3/c1-15-30-31-24(35-15)20-12-26-25(29-23(20)28-21(14-33)16-6-4-3-5-7-16)27-19-9-8-17-11-22(34)32(2)13-18(17)10-19/h3-10,12,21,33H,11,13-14H2,1-2H3,(H2,26,27,28,29)/t21-/m1/s1. The molecule has 178 valence electrons. The number of aromatic nitrogens is 4. The predicted molar refractivity (Wildman–Crippen MR) is 130 cm³/mol. The van der Waals surface area contributed by atoms with E-state index in [4.69, 9.17) is 4.42 Å². The number of hydrogen-bond acceptors (Lipinski definition) is 9. The quantitative estimate of drug-likeness (QED) is 0.372. The molecule has 0 saturated carbocycles. The van der Waals surface area contributed by atoms with E-state index in [-0.39, 0.29) is 18.4 Å². The molecule has 3 heterocycles. The van der Waals surface area contributed by atoms with E-state index in [1.54, 1.807) is 25.1 Å². The van der Waals surface area contributed by atoms with Crippen LogP contribution in [-0.4, -0.2) is 49.7 Å². The van der Waals surface area contributed by atoms with Crippen LogP contribution in [0.1, 0.15) is 28.6 Å². The Kier molecular flexibility index (Phi) is 6.11. The molecule has 5 rings (SSSR count). The second kappa shape index (κ2) is 9.51. The van der Waals surface area contributed by atoms with Crippen molar-refractivity contribution in [3.05, 3.63) is 77.3 Å². The van der Waals surface area contributed by atoms with Crippen molar-refractivity contribution >= 4 is 23.4 Å². The Morgan fingerprint density at radius 2 is 1.97 bits per heavy atom. The number of fused-ring (bicyclic) bond motifs is 1. The van der Waals surface area contributed by atoms with Crippen LogP contribution >= 0.6 is 0 Å². The summed E-state index contributed by atoms with van der Waals surface area (Å²) in [4.78, 5) is 22.8. The highest BCUT2D eigenvalue weighted by Gasteiger charge is 2.21. The number of hydrogen-bond donors (Lipinski definition) is 3. The fourth-order valence-electron chi connectivity index (χ4n) is 3.99. The van der Waals surface area contributed by atoms with Crippen LogP contribution in [-0.2, 0) is 17.8 Å². The minimum Gasteiger partial charge on any atom is -0.421 e. The number of aliphatic hydroxyl groups excluding tert-OH is 1. The fourth-order valence-corrected chi connectivity index (χ4v) is 3.99. The first kappa shape index (κ1) is 22.5. The number of aryl methyl sites for hydroxylation is 1. The van der Waals surface area contributed by atoms with Gasteiger partial charge in [0.2, 0.25) is 17.7 Å². The maximum absolute atomic E-state index is 12.0. The molecule has 35 heavy (non-hydrogen) atoms. The molecule has 1 aliphatic rings. The van der Waals surface area contributed by atoms with Crippen LogP contribution in [0.15, 0.2) is 59.1 Å². The molecule has 2 aromatic carbocycles. The first-order valence-corrected chi connectivity index (χ1v) is 11.2. The van der Waals surface area contributed by atoms with Gasteiger partial charge in [-0.05, 0) is 28.8 Å². The first-order valence-electron chi connectivity index (χ1n) is 11.2. The maximum Gasteiger partial charge on any atom is 0.253 e. The molecule has 0 radical (unpaired) electrons. The molecule has 0 aliphatic carbocycles. The van der Waals surface area contributed by atoms with E-state index in [1.165, 1.54) is 0 Å². The highest BCUT2D eigenvalue weighted by molar-refractivity contribution is 5.81. The number of carbonyl (C=O) groups is 1. The molecular weight excluding hydrogens is 446 g/mol. The van der Waals surface area contributed by atoms with Crippen LogP contribution < -0.4 is 10.6 Å². The number of nitrogens with one attached hydrogen (secondary N) is 2. The lowest BCUT2D eigenvalue weighted by Gasteiger charge is -2.25. The minimum absolute atomic E-state index is 0.112. The van der Waals surface area contributed by atoms with Gasteiger partial charge in [-0.3, -0.25) is 4.79 Å². The number of aliphatic hydroxyl groups is 1. The molecule has 0 bridgehead atoms. The third-order valence-corrected chi connectivity index (χ3v) is 5.88. The van der Waals surface area contributed by atoms with Gasteiger partial charge in [-0.1, -0.05) is 36.4 Å². The zero-order valence-corrected chi connectivity index (χ0v) is 19.4. The van der Waals surface area contributed by atoms with Crippen LogP contribution in [0.25, 0.3) is 11.5 Å². The number of benzene rings is 2. The molecule has 1 amide bonds. The summed E-state index contributed by atoms with van der Waals surface area (Å²) < 4.78 is 5.61. The van der Waals surface area contributed by atoms with E-state index < -0.39 is 6.04 Å². The topological polar surface area (TPSA) is 129 Å². The summed E-state index contributed by atoms with van der Waals surface area (Å²) in [6.07, 6.45) is 2.01. The van der Waals surface area contributed by atoms with Gasteiger partial charge >= 0.3 is 0 Å². The highest BCUT2D eigenvalue weighted by atomic mass is 16.4. The Labute approximate surface area is 202 Å². The van der Waals surface area contributed by atoms with Gasteiger partial charge in [0.25, 0.3) is 5.89 Å². The summed E-state index contributed by atoms with van der Waals surface area (Å²) in [6.45, 7) is 2.13. The van der Waals surface area contributed by atoms with E-state index in [0.29, 0.717) is 36.2 Å². The average Bonchev–Trinajstić information content (AvgIpc) is 3.30. The first-order chi connectivity index (χ1) is 17.0. The van der Waals surface area contributed by atoms with Gasteiger partial charge in [0.1, 0.15) is 5.82 Å². The van der Waals surface area contributed by atoms with E-state index in [1.807, 2.05) is 48.5 Å². The Morgan fingerprint density at radius 3 is 2.71 bits per heavy atom. The molecule has 0 fully saturated rings. The minimum atomic E-state index is -0.404. The van der Waals surface area contributed by atoms with E-state index in [0.717, 1.165) is 22.4 Å². The largest absolute Gasteiger partial charge is 0.421 e. The number of anilines is 3. The molecule has 10 heteroatoms. The van der Waals surface area contributed by atoms with Crippen molar-refractivity contribution in [1.82, 2.24) is 25.1 Å². The lowest BCUT2D eigenvalue weighted by Crippen LogP contribution is -2.32. The molecule has 0 unspecified atom stereocenters. The van der Waals surface area contributed by atoms with Crippen LogP contribution in [0.2, 0.25) is 0 Å². The smallest absolute Gasteiger partial charge is 0.253 e. The van der Waals surface area contributed by atoms with Crippen molar-refractivity contribution < 1.29 is 14.3 Å². The third-order valence-electron chi connectivity index (χ3n) is 5.88. The summed E-state index contributed by atoms with van der Waals surface area (Å²) in [5, 5.41) is 24.6. The van der Waals surface area contributed by atoms with Crippen molar-refractivity contribution in [2.75, 3.05) is 24.3 Å². The second-order valence-corrected chi connectivity index (χ2v) is 8.41. The van der Waals surface area contributed by atoms with Crippen molar-refractivity contribution in [2.24, 2.45) is 0 Å². The van der Waals surface area contributed by atoms with Crippen molar-refractivity contribution in [2.45, 2.75) is 25.9 Å². The zero-order valence-electron chi connectivity index (χ0n) is 19.4. The van der Waals surface area contributed by atoms with E-state index in [2.05, 4.69) is 30.8 Å². The summed E-state index contributed by atoms with van der Waals surface area (Å²) in [5.74, 6) is 1.62. The van der Waals surface area contributed by atoms with Crippen LogP contribution in [0, 0.1) is 6.92 Å². The lowest BCUT2D eigenvalue weighted by molar-refractivity contribution is -0.130. The normalized spacial score (nSPS) is 13.9. The monoisotopic (exact) mass is 471 g/mol. The van der Waals surface area contributed by atoms with Gasteiger partial charge in [0, 0.05) is 32.4 Å². The van der Waals surface area contributed by atoms with Crippen molar-refractivity contribution in [1.29, 1.82) is 0 Å². The van der Waals surface area contributed by atoms with E-state index >= 15 is 0 Å². The molecule has 0 spiro atoms. The number of likely N-dealkylation sites (N-methyl/N-ethyl adjacent to an activating group) is 1. The molecule has 0 saturated heterocycles. The Balaban J connectivity index is 1.46.